The predicted molar refractivity (Wildman–Crippen MR) is 76.2 cm³/mol. The zero-order chi connectivity index (χ0) is 13.7. The van der Waals surface area contributed by atoms with Crippen molar-refractivity contribution >= 4 is 5.78 Å². The Morgan fingerprint density at radius 2 is 2.11 bits per heavy atom. The van der Waals surface area contributed by atoms with E-state index in [2.05, 4.69) is 9.78 Å². The molecule has 0 N–H and O–H groups in total. The second-order valence-corrected chi connectivity index (χ2v) is 5.85. The van der Waals surface area contributed by atoms with E-state index in [1.54, 1.807) is 0 Å². The fraction of sp³-hybridized carbons (Fsp3) is 0.733. The van der Waals surface area contributed by atoms with E-state index in [1.807, 2.05) is 31.3 Å². The van der Waals surface area contributed by atoms with Gasteiger partial charge in [-0.25, -0.2) is 0 Å². The highest BCUT2D eigenvalue weighted by atomic mass is 16.1. The molecule has 0 aliphatic heterocycles. The van der Waals surface area contributed by atoms with Crippen molar-refractivity contribution in [1.82, 2.24) is 14.7 Å². The summed E-state index contributed by atoms with van der Waals surface area (Å²) in [5, 5.41) is 4.58. The highest BCUT2D eigenvalue weighted by Crippen LogP contribution is 2.27. The van der Waals surface area contributed by atoms with Gasteiger partial charge in [-0.3, -0.25) is 9.48 Å². The quantitative estimate of drug-likeness (QED) is 0.791. The molecular weight excluding hydrogens is 238 g/mol. The van der Waals surface area contributed by atoms with Crippen LogP contribution < -0.4 is 0 Å². The van der Waals surface area contributed by atoms with Crippen molar-refractivity contribution in [2.75, 3.05) is 20.6 Å². The van der Waals surface area contributed by atoms with Crippen molar-refractivity contribution in [3.05, 3.63) is 18.0 Å². The van der Waals surface area contributed by atoms with Crippen molar-refractivity contribution in [2.24, 2.45) is 0 Å². The zero-order valence-corrected chi connectivity index (χ0v) is 12.1. The van der Waals surface area contributed by atoms with Crippen LogP contribution in [-0.2, 0) is 11.2 Å². The number of carbonyl (C=O) groups is 1. The molecule has 1 heterocycles. The van der Waals surface area contributed by atoms with Gasteiger partial charge < -0.3 is 4.90 Å². The summed E-state index contributed by atoms with van der Waals surface area (Å²) in [5.41, 5.74) is 0.925. The molecule has 0 atom stereocenters. The lowest BCUT2D eigenvalue weighted by Crippen LogP contribution is -2.18. The summed E-state index contributed by atoms with van der Waals surface area (Å²) >= 11 is 0. The average molecular weight is 263 g/mol. The van der Waals surface area contributed by atoms with E-state index >= 15 is 0 Å². The van der Waals surface area contributed by atoms with E-state index in [0.29, 0.717) is 18.9 Å². The third kappa shape index (κ3) is 4.46. The maximum absolute atomic E-state index is 11.8. The lowest BCUT2D eigenvalue weighted by molar-refractivity contribution is -0.118. The molecule has 1 aliphatic carbocycles. The Morgan fingerprint density at radius 1 is 1.37 bits per heavy atom. The molecule has 4 heteroatoms. The molecule has 0 radical (unpaired) electrons. The van der Waals surface area contributed by atoms with Crippen LogP contribution in [0.25, 0.3) is 0 Å². The Bertz CT molecular complexity index is 405. The summed E-state index contributed by atoms with van der Waals surface area (Å²) < 4.78 is 2.08. The van der Waals surface area contributed by atoms with Crippen LogP contribution in [0.4, 0.5) is 0 Å². The van der Waals surface area contributed by atoms with Crippen LogP contribution >= 0.6 is 0 Å². The van der Waals surface area contributed by atoms with E-state index in [4.69, 9.17) is 0 Å². The average Bonchev–Trinajstić information content (AvgIpc) is 2.86. The van der Waals surface area contributed by atoms with E-state index in [9.17, 15) is 4.79 Å². The molecule has 106 valence electrons. The summed E-state index contributed by atoms with van der Waals surface area (Å²) in [7, 11) is 3.98. The van der Waals surface area contributed by atoms with Crippen molar-refractivity contribution in [2.45, 2.75) is 51.0 Å². The minimum absolute atomic E-state index is 0.280. The molecule has 0 aromatic carbocycles. The molecule has 1 aromatic heterocycles. The van der Waals surface area contributed by atoms with Gasteiger partial charge in [-0.15, -0.1) is 0 Å². The van der Waals surface area contributed by atoms with Crippen LogP contribution in [0.5, 0.6) is 0 Å². The van der Waals surface area contributed by atoms with Crippen LogP contribution in [0.15, 0.2) is 12.3 Å². The molecule has 0 amide bonds. The molecule has 2 rings (SSSR count). The molecule has 0 saturated heterocycles. The van der Waals surface area contributed by atoms with Gasteiger partial charge in [0, 0.05) is 19.2 Å². The van der Waals surface area contributed by atoms with Crippen molar-refractivity contribution in [1.29, 1.82) is 0 Å². The van der Waals surface area contributed by atoms with Gasteiger partial charge in [-0.2, -0.15) is 5.10 Å². The SMILES string of the molecule is CN(C)CCC(=O)Cc1ccn(C2CCCCC2)n1. The van der Waals surface area contributed by atoms with Gasteiger partial charge in [0.15, 0.2) is 0 Å². The highest BCUT2D eigenvalue weighted by molar-refractivity contribution is 5.80. The van der Waals surface area contributed by atoms with Gasteiger partial charge in [-0.05, 0) is 33.0 Å². The Kier molecular flexibility index (Phi) is 5.14. The molecule has 1 fully saturated rings. The molecule has 0 unspecified atom stereocenters. The van der Waals surface area contributed by atoms with Gasteiger partial charge >= 0.3 is 0 Å². The first-order chi connectivity index (χ1) is 9.15. The number of nitrogens with zero attached hydrogens (tertiary/aromatic N) is 3. The third-order valence-electron chi connectivity index (χ3n) is 3.83. The Labute approximate surface area is 115 Å². The van der Waals surface area contributed by atoms with Crippen LogP contribution in [0.3, 0.4) is 0 Å². The number of aromatic nitrogens is 2. The largest absolute Gasteiger partial charge is 0.309 e. The predicted octanol–water partition coefficient (Wildman–Crippen LogP) is 2.45. The van der Waals surface area contributed by atoms with E-state index in [1.165, 1.54) is 32.1 Å². The van der Waals surface area contributed by atoms with Crippen molar-refractivity contribution in [3.8, 4) is 0 Å². The Balaban J connectivity index is 1.84. The molecule has 1 aliphatic rings. The first-order valence-electron chi connectivity index (χ1n) is 7.35. The summed E-state index contributed by atoms with van der Waals surface area (Å²) in [4.78, 5) is 13.9. The Morgan fingerprint density at radius 3 is 2.79 bits per heavy atom. The van der Waals surface area contributed by atoms with E-state index < -0.39 is 0 Å². The normalized spacial score (nSPS) is 17.0. The number of hydrogen-bond acceptors (Lipinski definition) is 3. The fourth-order valence-electron chi connectivity index (χ4n) is 2.66. The van der Waals surface area contributed by atoms with Gasteiger partial charge in [0.1, 0.15) is 5.78 Å². The number of rotatable bonds is 6. The number of Topliss-reactive ketones (excluding diaryl/α,β-unsaturated/α-hetero) is 1. The number of hydrogen-bond donors (Lipinski definition) is 0. The van der Waals surface area contributed by atoms with Crippen LogP contribution in [-0.4, -0.2) is 41.1 Å². The third-order valence-corrected chi connectivity index (χ3v) is 3.83. The summed E-state index contributed by atoms with van der Waals surface area (Å²) in [5.74, 6) is 0.280. The Hall–Kier alpha value is -1.16. The molecule has 4 nitrogen and oxygen atoms in total. The second kappa shape index (κ2) is 6.85. The first kappa shape index (κ1) is 14.3. The van der Waals surface area contributed by atoms with Crippen LogP contribution in [0, 0.1) is 0 Å². The molecule has 0 bridgehead atoms. The lowest BCUT2D eigenvalue weighted by atomic mass is 9.96. The lowest BCUT2D eigenvalue weighted by Gasteiger charge is -2.21. The molecule has 1 saturated carbocycles. The van der Waals surface area contributed by atoms with E-state index in [-0.39, 0.29) is 5.78 Å². The maximum atomic E-state index is 11.8. The zero-order valence-electron chi connectivity index (χ0n) is 12.1. The smallest absolute Gasteiger partial charge is 0.140 e. The van der Waals surface area contributed by atoms with Gasteiger partial charge in [0.25, 0.3) is 0 Å². The maximum Gasteiger partial charge on any atom is 0.140 e. The first-order valence-corrected chi connectivity index (χ1v) is 7.35. The minimum Gasteiger partial charge on any atom is -0.309 e. The molecule has 19 heavy (non-hydrogen) atoms. The second-order valence-electron chi connectivity index (χ2n) is 5.85. The van der Waals surface area contributed by atoms with Gasteiger partial charge in [-0.1, -0.05) is 19.3 Å². The minimum atomic E-state index is 0.280. The summed E-state index contributed by atoms with van der Waals surface area (Å²) in [6.45, 7) is 0.822. The van der Waals surface area contributed by atoms with Crippen LogP contribution in [0.1, 0.15) is 50.3 Å². The van der Waals surface area contributed by atoms with Crippen LogP contribution in [0.2, 0.25) is 0 Å². The summed E-state index contributed by atoms with van der Waals surface area (Å²) in [6, 6.07) is 2.56. The van der Waals surface area contributed by atoms with Crippen molar-refractivity contribution in [3.63, 3.8) is 0 Å². The van der Waals surface area contributed by atoms with E-state index in [0.717, 1.165) is 12.2 Å². The van der Waals surface area contributed by atoms with Gasteiger partial charge in [0.05, 0.1) is 18.2 Å². The molecule has 0 spiro atoms. The number of carbonyl (C=O) groups excluding carboxylic acids is 1. The number of ketones is 1. The standard InChI is InChI=1S/C15H25N3O/c1-17(2)10-9-15(19)12-13-8-11-18(16-13)14-6-4-3-5-7-14/h8,11,14H,3-7,9-10,12H2,1-2H3. The topological polar surface area (TPSA) is 38.1 Å². The molecule has 1 aromatic rings. The van der Waals surface area contributed by atoms with Gasteiger partial charge in [0.2, 0.25) is 0 Å². The summed E-state index contributed by atoms with van der Waals surface area (Å²) in [6.07, 6.45) is 9.57. The fourth-order valence-corrected chi connectivity index (χ4v) is 2.66. The molecular formula is C15H25N3O. The van der Waals surface area contributed by atoms with Crippen molar-refractivity contribution < 1.29 is 4.79 Å². The monoisotopic (exact) mass is 263 g/mol. The highest BCUT2D eigenvalue weighted by Gasteiger charge is 2.16.